The lowest BCUT2D eigenvalue weighted by Crippen LogP contribution is -2.50. The molecule has 0 saturated carbocycles. The maximum atomic E-state index is 15.2. The SMILES string of the molecule is Cc1cccc(F)c1Cn1c2c(c(=O)n(CC(NC(=O)OC(C)(C)C)c3cccc(N)c3)c1=O)C1(CCN(Cc3ccc(C(F)(F)F)o3)CC1)OC2. The molecule has 52 heavy (non-hydrogen) atoms. The summed E-state index contributed by atoms with van der Waals surface area (Å²) >= 11 is 0. The van der Waals surface area contributed by atoms with Crippen molar-refractivity contribution in [3.05, 3.63) is 121 Å². The normalized spacial score (nSPS) is 16.5. The van der Waals surface area contributed by atoms with Gasteiger partial charge in [0.05, 0.1) is 43.5 Å². The first-order chi connectivity index (χ1) is 24.4. The number of alkyl carbamates (subject to hydrolysis) is 1. The molecule has 2 aromatic carbocycles. The molecule has 1 fully saturated rings. The topological polar surface area (TPSA) is 134 Å². The zero-order valence-electron chi connectivity index (χ0n) is 29.3. The van der Waals surface area contributed by atoms with Gasteiger partial charge in [0.2, 0.25) is 5.76 Å². The molecule has 0 bridgehead atoms. The van der Waals surface area contributed by atoms with Gasteiger partial charge in [-0.2, -0.15) is 13.2 Å². The van der Waals surface area contributed by atoms with E-state index in [0.717, 1.165) is 10.6 Å². The standard InChI is InChI=1S/C37H41F4N5O6/c1-22-7-5-10-27(38)26(22)19-45-29-21-50-36(13-15-44(16-14-36)18-25-11-12-30(51-25)37(39,40)41)31(29)32(47)46(34(45)49)20-28(23-8-6-9-24(42)17-23)43-33(48)52-35(2,3)4/h5-12,17,28H,13-16,18-21,42H2,1-4H3,(H,43,48). The summed E-state index contributed by atoms with van der Waals surface area (Å²) < 4.78 is 73.9. The first kappa shape index (κ1) is 36.9. The number of hydrogen-bond acceptors (Lipinski definition) is 8. The Hall–Kier alpha value is -4.89. The third kappa shape index (κ3) is 7.65. The average molecular weight is 728 g/mol. The fourth-order valence-corrected chi connectivity index (χ4v) is 6.92. The second kappa shape index (κ2) is 13.9. The average Bonchev–Trinajstić information content (AvgIpc) is 3.68. The molecule has 2 aliphatic heterocycles. The number of piperidine rings is 1. The Labute approximate surface area is 296 Å². The van der Waals surface area contributed by atoms with Crippen LogP contribution in [-0.2, 0) is 47.5 Å². The van der Waals surface area contributed by atoms with Gasteiger partial charge in [-0.1, -0.05) is 24.3 Å². The van der Waals surface area contributed by atoms with Gasteiger partial charge in [-0.25, -0.2) is 14.0 Å². The number of nitrogen functional groups attached to an aromatic ring is 1. The van der Waals surface area contributed by atoms with Gasteiger partial charge in [0.25, 0.3) is 5.56 Å². The predicted molar refractivity (Wildman–Crippen MR) is 183 cm³/mol. The Kier molecular flexibility index (Phi) is 9.87. The summed E-state index contributed by atoms with van der Waals surface area (Å²) in [6.45, 7) is 7.06. The van der Waals surface area contributed by atoms with Gasteiger partial charge in [0.1, 0.15) is 22.8 Å². The summed E-state index contributed by atoms with van der Waals surface area (Å²) in [6, 6.07) is 12.5. The molecular formula is C37H41F4N5O6. The van der Waals surface area contributed by atoms with Crippen molar-refractivity contribution in [2.24, 2.45) is 0 Å². The number of hydrogen-bond donors (Lipinski definition) is 2. The highest BCUT2D eigenvalue weighted by atomic mass is 19.4. The van der Waals surface area contributed by atoms with Crippen LogP contribution in [0.1, 0.15) is 79.1 Å². The number of carbonyl (C=O) groups excluding carboxylic acids is 1. The summed E-state index contributed by atoms with van der Waals surface area (Å²) in [5.74, 6) is -1.45. The monoisotopic (exact) mass is 727 g/mol. The molecular weight excluding hydrogens is 686 g/mol. The smallest absolute Gasteiger partial charge is 0.449 e. The number of nitrogens with two attached hydrogens (primary N) is 1. The van der Waals surface area contributed by atoms with E-state index in [0.29, 0.717) is 35.6 Å². The lowest BCUT2D eigenvalue weighted by Gasteiger charge is -2.38. The largest absolute Gasteiger partial charge is 0.455 e. The van der Waals surface area contributed by atoms with E-state index in [9.17, 15) is 27.6 Å². The number of aromatic nitrogens is 2. The van der Waals surface area contributed by atoms with E-state index in [1.54, 1.807) is 64.1 Å². The first-order valence-electron chi connectivity index (χ1n) is 16.9. The molecule has 15 heteroatoms. The van der Waals surface area contributed by atoms with Gasteiger partial charge in [0, 0.05) is 24.3 Å². The minimum absolute atomic E-state index is 0.0872. The van der Waals surface area contributed by atoms with E-state index < -0.39 is 52.3 Å². The maximum Gasteiger partial charge on any atom is 0.449 e. The van der Waals surface area contributed by atoms with Crippen LogP contribution in [0.3, 0.4) is 0 Å². The fourth-order valence-electron chi connectivity index (χ4n) is 6.92. The van der Waals surface area contributed by atoms with Gasteiger partial charge in [-0.05, 0) is 82.0 Å². The molecule has 4 heterocycles. The summed E-state index contributed by atoms with van der Waals surface area (Å²) in [6.07, 6.45) is -4.80. The summed E-state index contributed by atoms with van der Waals surface area (Å²) in [5.41, 5.74) is 5.13. The lowest BCUT2D eigenvalue weighted by atomic mass is 9.85. The molecule has 3 N–H and O–H groups in total. The van der Waals surface area contributed by atoms with Crippen molar-refractivity contribution in [2.45, 2.75) is 90.2 Å². The molecule has 278 valence electrons. The zero-order chi connectivity index (χ0) is 37.6. The van der Waals surface area contributed by atoms with Gasteiger partial charge in [-0.3, -0.25) is 18.8 Å². The number of halogens is 4. The van der Waals surface area contributed by atoms with Crippen molar-refractivity contribution in [1.29, 1.82) is 0 Å². The van der Waals surface area contributed by atoms with E-state index in [4.69, 9.17) is 19.6 Å². The highest BCUT2D eigenvalue weighted by Crippen LogP contribution is 2.43. The lowest BCUT2D eigenvalue weighted by molar-refractivity contribution is -0.153. The van der Waals surface area contributed by atoms with Crippen molar-refractivity contribution >= 4 is 11.8 Å². The molecule has 0 aliphatic carbocycles. The number of aryl methyl sites for hydroxylation is 1. The van der Waals surface area contributed by atoms with E-state index in [-0.39, 0.29) is 56.0 Å². The molecule has 1 atom stereocenters. The third-order valence-corrected chi connectivity index (χ3v) is 9.50. The van der Waals surface area contributed by atoms with Gasteiger partial charge >= 0.3 is 18.0 Å². The number of anilines is 1. The quantitative estimate of drug-likeness (QED) is 0.167. The number of nitrogens with zero attached hydrogens (tertiary/aromatic N) is 3. The second-order valence-electron chi connectivity index (χ2n) is 14.3. The Morgan fingerprint density at radius 1 is 1.02 bits per heavy atom. The number of amides is 1. The van der Waals surface area contributed by atoms with Crippen molar-refractivity contribution < 1.29 is 36.2 Å². The van der Waals surface area contributed by atoms with Gasteiger partial charge in [0.15, 0.2) is 0 Å². The maximum absolute atomic E-state index is 15.2. The van der Waals surface area contributed by atoms with E-state index in [1.165, 1.54) is 16.7 Å². The number of nitrogens with one attached hydrogen (secondary N) is 1. The van der Waals surface area contributed by atoms with E-state index in [1.807, 2.05) is 4.90 Å². The van der Waals surface area contributed by atoms with Gasteiger partial charge in [-0.15, -0.1) is 0 Å². The zero-order valence-corrected chi connectivity index (χ0v) is 29.3. The Balaban J connectivity index is 1.40. The third-order valence-electron chi connectivity index (χ3n) is 9.50. The number of carbonyl (C=O) groups is 1. The van der Waals surface area contributed by atoms with Crippen molar-refractivity contribution in [2.75, 3.05) is 18.8 Å². The van der Waals surface area contributed by atoms with Crippen LogP contribution in [0.5, 0.6) is 0 Å². The fraction of sp³-hybridized carbons (Fsp3) is 0.432. The number of ether oxygens (including phenoxy) is 2. The molecule has 11 nitrogen and oxygen atoms in total. The molecule has 2 aromatic heterocycles. The van der Waals surface area contributed by atoms with Crippen LogP contribution < -0.4 is 22.3 Å². The molecule has 1 amide bonds. The van der Waals surface area contributed by atoms with Crippen LogP contribution in [0.4, 0.5) is 28.0 Å². The molecule has 6 rings (SSSR count). The number of rotatable bonds is 8. The van der Waals surface area contributed by atoms with Crippen LogP contribution in [0, 0.1) is 12.7 Å². The predicted octanol–water partition coefficient (Wildman–Crippen LogP) is 5.99. The van der Waals surface area contributed by atoms with Crippen LogP contribution in [-0.4, -0.2) is 38.8 Å². The van der Waals surface area contributed by atoms with E-state index in [2.05, 4.69) is 5.32 Å². The van der Waals surface area contributed by atoms with Crippen LogP contribution in [0.2, 0.25) is 0 Å². The summed E-state index contributed by atoms with van der Waals surface area (Å²) in [5, 5.41) is 2.78. The number of fused-ring (bicyclic) bond motifs is 2. The van der Waals surface area contributed by atoms with E-state index >= 15 is 4.39 Å². The van der Waals surface area contributed by atoms with Crippen LogP contribution in [0.15, 0.2) is 68.6 Å². The first-order valence-corrected chi connectivity index (χ1v) is 16.9. The second-order valence-corrected chi connectivity index (χ2v) is 14.3. The molecule has 1 saturated heterocycles. The molecule has 1 unspecified atom stereocenters. The Bertz CT molecular complexity index is 2070. The van der Waals surface area contributed by atoms with Crippen LogP contribution in [0.25, 0.3) is 0 Å². The molecule has 4 aromatic rings. The summed E-state index contributed by atoms with van der Waals surface area (Å²) in [7, 11) is 0. The molecule has 1 spiro atoms. The number of likely N-dealkylation sites (tertiary alicyclic amines) is 1. The number of alkyl halides is 3. The Morgan fingerprint density at radius 2 is 1.73 bits per heavy atom. The number of benzene rings is 2. The van der Waals surface area contributed by atoms with Crippen molar-refractivity contribution in [3.63, 3.8) is 0 Å². The molecule has 2 aliphatic rings. The minimum atomic E-state index is -4.60. The van der Waals surface area contributed by atoms with Gasteiger partial charge < -0.3 is 24.9 Å². The van der Waals surface area contributed by atoms with Crippen molar-refractivity contribution in [3.8, 4) is 0 Å². The van der Waals surface area contributed by atoms with Crippen LogP contribution >= 0.6 is 0 Å². The number of furan rings is 1. The van der Waals surface area contributed by atoms with Crippen molar-refractivity contribution in [1.82, 2.24) is 19.4 Å². The minimum Gasteiger partial charge on any atom is -0.455 e. The highest BCUT2D eigenvalue weighted by Gasteiger charge is 2.47. The Morgan fingerprint density at radius 3 is 2.37 bits per heavy atom. The molecule has 0 radical (unpaired) electrons. The summed E-state index contributed by atoms with van der Waals surface area (Å²) in [4.78, 5) is 44.0. The highest BCUT2D eigenvalue weighted by molar-refractivity contribution is 5.68.